The molecule has 94 valence electrons. The summed E-state index contributed by atoms with van der Waals surface area (Å²) in [5.41, 5.74) is -0.116. The third-order valence-corrected chi connectivity index (χ3v) is 2.50. The van der Waals surface area contributed by atoms with Crippen LogP contribution in [-0.2, 0) is 0 Å². The van der Waals surface area contributed by atoms with Gasteiger partial charge in [-0.1, -0.05) is 17.2 Å². The van der Waals surface area contributed by atoms with Crippen molar-refractivity contribution in [3.8, 4) is 0 Å². The molecular weight excluding hydrogens is 250 g/mol. The lowest BCUT2D eigenvalue weighted by molar-refractivity contribution is 0.102. The summed E-state index contributed by atoms with van der Waals surface area (Å²) in [5, 5.41) is 15.3. The minimum Gasteiger partial charge on any atom is -0.463 e. The van der Waals surface area contributed by atoms with Gasteiger partial charge in [0.25, 0.3) is 11.9 Å². The summed E-state index contributed by atoms with van der Waals surface area (Å²) in [4.78, 5) is 24.0. The van der Waals surface area contributed by atoms with Crippen LogP contribution < -0.4 is 10.7 Å². The highest BCUT2D eigenvalue weighted by Crippen LogP contribution is 2.10. The van der Waals surface area contributed by atoms with Crippen LogP contribution in [0, 0.1) is 0 Å². The normalized spacial score (nSPS) is 10.5. The van der Waals surface area contributed by atoms with Gasteiger partial charge in [-0.2, -0.15) is 5.21 Å². The van der Waals surface area contributed by atoms with E-state index in [-0.39, 0.29) is 11.5 Å². The van der Waals surface area contributed by atoms with Crippen LogP contribution in [0.3, 0.4) is 0 Å². The molecule has 0 fully saturated rings. The summed E-state index contributed by atoms with van der Waals surface area (Å²) < 4.78 is 5.24. The Balaban J connectivity index is 2.03. The predicted molar refractivity (Wildman–Crippen MR) is 64.6 cm³/mol. The third-order valence-electron chi connectivity index (χ3n) is 2.50. The molecule has 0 atom stereocenters. The topological polar surface area (TPSA) is 114 Å². The standard InChI is InChI=1S/C11H7N5O3/c17-9-6-3-1-2-4-8(6)19-5-7(9)10(18)12-11-13-15-16-14-11/h1-5H,(H2,12,13,14,15,16,18). The summed E-state index contributed by atoms with van der Waals surface area (Å²) >= 11 is 0. The van der Waals surface area contributed by atoms with Crippen molar-refractivity contribution in [2.24, 2.45) is 0 Å². The highest BCUT2D eigenvalue weighted by Gasteiger charge is 2.15. The number of para-hydroxylation sites is 1. The number of aromatic nitrogens is 4. The first-order valence-corrected chi connectivity index (χ1v) is 5.31. The third kappa shape index (κ3) is 1.95. The number of rotatable bonds is 2. The highest BCUT2D eigenvalue weighted by molar-refractivity contribution is 6.04. The fourth-order valence-electron chi connectivity index (χ4n) is 1.62. The predicted octanol–water partition coefficient (Wildman–Crippen LogP) is 0.558. The van der Waals surface area contributed by atoms with Gasteiger partial charge in [-0.05, 0) is 17.3 Å². The van der Waals surface area contributed by atoms with E-state index in [0.717, 1.165) is 6.26 Å². The molecule has 0 aliphatic rings. The second-order valence-electron chi connectivity index (χ2n) is 3.66. The number of H-pyrrole nitrogens is 1. The van der Waals surface area contributed by atoms with Crippen LogP contribution in [-0.4, -0.2) is 26.5 Å². The number of amides is 1. The number of carbonyl (C=O) groups excluding carboxylic acids is 1. The Morgan fingerprint density at radius 3 is 2.95 bits per heavy atom. The molecule has 2 N–H and O–H groups in total. The number of hydrogen-bond acceptors (Lipinski definition) is 6. The van der Waals surface area contributed by atoms with Crippen LogP contribution in [0.2, 0.25) is 0 Å². The van der Waals surface area contributed by atoms with E-state index < -0.39 is 11.3 Å². The minimum absolute atomic E-state index is 0.0161. The van der Waals surface area contributed by atoms with Crippen molar-refractivity contribution in [1.29, 1.82) is 0 Å². The quantitative estimate of drug-likeness (QED) is 0.693. The average molecular weight is 257 g/mol. The number of anilines is 1. The van der Waals surface area contributed by atoms with Crippen molar-refractivity contribution in [1.82, 2.24) is 20.6 Å². The Morgan fingerprint density at radius 1 is 1.32 bits per heavy atom. The average Bonchev–Trinajstić information content (AvgIpc) is 2.92. The molecule has 3 aromatic rings. The van der Waals surface area contributed by atoms with Crippen molar-refractivity contribution in [3.63, 3.8) is 0 Å². The zero-order valence-electron chi connectivity index (χ0n) is 9.45. The summed E-state index contributed by atoms with van der Waals surface area (Å²) in [6.45, 7) is 0. The SMILES string of the molecule is O=C(Nc1nn[nH]n1)c1coc2ccccc2c1=O. The summed E-state index contributed by atoms with van der Waals surface area (Å²) in [5.74, 6) is -0.668. The maximum atomic E-state index is 12.1. The number of fused-ring (bicyclic) bond motifs is 1. The molecule has 0 aliphatic carbocycles. The number of hydrogen-bond donors (Lipinski definition) is 2. The van der Waals surface area contributed by atoms with Crippen molar-refractivity contribution in [3.05, 3.63) is 46.3 Å². The van der Waals surface area contributed by atoms with Crippen molar-refractivity contribution >= 4 is 22.8 Å². The van der Waals surface area contributed by atoms with Gasteiger partial charge < -0.3 is 4.42 Å². The van der Waals surface area contributed by atoms with Crippen LogP contribution in [0.15, 0.2) is 39.7 Å². The van der Waals surface area contributed by atoms with E-state index in [1.807, 2.05) is 0 Å². The lowest BCUT2D eigenvalue weighted by Crippen LogP contribution is -2.21. The van der Waals surface area contributed by atoms with Gasteiger partial charge in [-0.25, -0.2) is 0 Å². The molecule has 0 saturated carbocycles. The Kier molecular flexibility index (Phi) is 2.53. The molecule has 0 aliphatic heterocycles. The lowest BCUT2D eigenvalue weighted by Gasteiger charge is -2.01. The highest BCUT2D eigenvalue weighted by atomic mass is 16.3. The number of nitrogens with zero attached hydrogens (tertiary/aromatic N) is 3. The molecule has 0 bridgehead atoms. The number of nitrogens with one attached hydrogen (secondary N) is 2. The van der Waals surface area contributed by atoms with Gasteiger partial charge in [-0.3, -0.25) is 14.9 Å². The lowest BCUT2D eigenvalue weighted by atomic mass is 10.1. The van der Waals surface area contributed by atoms with Gasteiger partial charge in [-0.15, -0.1) is 5.10 Å². The van der Waals surface area contributed by atoms with E-state index in [9.17, 15) is 9.59 Å². The number of carbonyl (C=O) groups is 1. The molecule has 8 heteroatoms. The first-order chi connectivity index (χ1) is 9.25. The molecule has 8 nitrogen and oxygen atoms in total. The Hall–Kier alpha value is -3.03. The van der Waals surface area contributed by atoms with Gasteiger partial charge >= 0.3 is 0 Å². The van der Waals surface area contributed by atoms with Crippen LogP contribution in [0.1, 0.15) is 10.4 Å². The van der Waals surface area contributed by atoms with Crippen molar-refractivity contribution in [2.75, 3.05) is 5.32 Å². The zero-order valence-corrected chi connectivity index (χ0v) is 9.45. The van der Waals surface area contributed by atoms with Crippen LogP contribution in [0.5, 0.6) is 0 Å². The van der Waals surface area contributed by atoms with Crippen molar-refractivity contribution < 1.29 is 9.21 Å². The minimum atomic E-state index is -0.652. The van der Waals surface area contributed by atoms with Gasteiger partial charge in [0, 0.05) is 0 Å². The molecular formula is C11H7N5O3. The van der Waals surface area contributed by atoms with Crippen LogP contribution in [0.25, 0.3) is 11.0 Å². The van der Waals surface area contributed by atoms with Gasteiger partial charge in [0.1, 0.15) is 17.4 Å². The number of benzene rings is 1. The van der Waals surface area contributed by atoms with E-state index in [4.69, 9.17) is 4.42 Å². The molecule has 0 unspecified atom stereocenters. The van der Waals surface area contributed by atoms with E-state index >= 15 is 0 Å². The number of aromatic amines is 1. The van der Waals surface area contributed by atoms with Crippen LogP contribution in [0.4, 0.5) is 5.95 Å². The smallest absolute Gasteiger partial charge is 0.270 e. The monoisotopic (exact) mass is 257 g/mol. The second kappa shape index (κ2) is 4.33. The molecule has 2 aromatic heterocycles. The molecule has 1 aromatic carbocycles. The fraction of sp³-hybridized carbons (Fsp3) is 0. The van der Waals surface area contributed by atoms with Crippen molar-refractivity contribution in [2.45, 2.75) is 0 Å². The molecule has 3 rings (SSSR count). The fourth-order valence-corrected chi connectivity index (χ4v) is 1.62. The second-order valence-corrected chi connectivity index (χ2v) is 3.66. The zero-order chi connectivity index (χ0) is 13.2. The summed E-state index contributed by atoms with van der Waals surface area (Å²) in [7, 11) is 0. The van der Waals surface area contributed by atoms with Gasteiger partial charge in [0.2, 0.25) is 5.43 Å². The molecule has 0 radical (unpaired) electrons. The first kappa shape index (κ1) is 11.1. The Morgan fingerprint density at radius 2 is 2.16 bits per heavy atom. The maximum absolute atomic E-state index is 12.1. The molecule has 2 heterocycles. The molecule has 0 spiro atoms. The van der Waals surface area contributed by atoms with Gasteiger partial charge in [0.05, 0.1) is 5.39 Å². The van der Waals surface area contributed by atoms with E-state index in [1.54, 1.807) is 24.3 Å². The first-order valence-electron chi connectivity index (χ1n) is 5.31. The van der Waals surface area contributed by atoms with E-state index in [0.29, 0.717) is 11.0 Å². The largest absolute Gasteiger partial charge is 0.463 e. The molecule has 19 heavy (non-hydrogen) atoms. The summed E-state index contributed by atoms with van der Waals surface area (Å²) in [6, 6.07) is 6.67. The summed E-state index contributed by atoms with van der Waals surface area (Å²) in [6.07, 6.45) is 1.11. The van der Waals surface area contributed by atoms with Crippen LogP contribution >= 0.6 is 0 Å². The van der Waals surface area contributed by atoms with E-state index in [1.165, 1.54) is 0 Å². The van der Waals surface area contributed by atoms with Gasteiger partial charge in [0.15, 0.2) is 0 Å². The molecule has 0 saturated heterocycles. The molecule has 1 amide bonds. The van der Waals surface area contributed by atoms with E-state index in [2.05, 4.69) is 25.9 Å². The Labute approximate surface area is 105 Å². The Bertz CT molecular complexity index is 793. The maximum Gasteiger partial charge on any atom is 0.270 e. The number of tetrazole rings is 1.